The summed E-state index contributed by atoms with van der Waals surface area (Å²) in [4.78, 5) is 22.0. The van der Waals surface area contributed by atoms with E-state index in [1.165, 1.54) is 6.33 Å². The summed E-state index contributed by atoms with van der Waals surface area (Å²) in [5, 5.41) is 10.2. The van der Waals surface area contributed by atoms with Crippen molar-refractivity contribution >= 4 is 44.5 Å². The monoisotopic (exact) mass is 483 g/mol. The minimum absolute atomic E-state index is 0.0959. The van der Waals surface area contributed by atoms with Crippen molar-refractivity contribution in [2.75, 3.05) is 6.61 Å². The van der Waals surface area contributed by atoms with Gasteiger partial charge in [0.25, 0.3) is 5.91 Å². The Morgan fingerprint density at radius 3 is 2.79 bits per heavy atom. The summed E-state index contributed by atoms with van der Waals surface area (Å²) in [6.45, 7) is 2.96. The van der Waals surface area contributed by atoms with E-state index in [2.05, 4.69) is 26.4 Å². The first-order valence-corrected chi connectivity index (χ1v) is 9.95. The van der Waals surface area contributed by atoms with Gasteiger partial charge in [0.2, 0.25) is 0 Å². The van der Waals surface area contributed by atoms with Crippen molar-refractivity contribution in [1.82, 2.24) is 15.0 Å². The van der Waals surface area contributed by atoms with Crippen molar-refractivity contribution in [3.05, 3.63) is 62.6 Å². The lowest BCUT2D eigenvalue weighted by Crippen LogP contribution is -2.33. The number of hydrogen-bond donors (Lipinski definition) is 2. The molecule has 6 nitrogen and oxygen atoms in total. The Hall–Kier alpha value is -2.00. The average molecular weight is 485 g/mol. The third-order valence-corrected chi connectivity index (χ3v) is 5.12. The lowest BCUT2D eigenvalue weighted by Gasteiger charge is -2.18. The summed E-state index contributed by atoms with van der Waals surface area (Å²) in [5.41, 5.74) is 2.72. The second kappa shape index (κ2) is 8.39. The van der Waals surface area contributed by atoms with Crippen molar-refractivity contribution in [2.45, 2.75) is 25.9 Å². The highest BCUT2D eigenvalue weighted by molar-refractivity contribution is 9.10. The van der Waals surface area contributed by atoms with Gasteiger partial charge in [0.1, 0.15) is 12.1 Å². The molecule has 0 aliphatic rings. The fraction of sp³-hybridized carbons (Fsp3) is 0.300. The highest BCUT2D eigenvalue weighted by Crippen LogP contribution is 2.29. The summed E-state index contributed by atoms with van der Waals surface area (Å²) in [6, 6.07) is 6.84. The molecule has 0 bridgehead atoms. The second-order valence-corrected chi connectivity index (χ2v) is 8.71. The van der Waals surface area contributed by atoms with Gasteiger partial charge in [-0.15, -0.1) is 0 Å². The fourth-order valence-corrected chi connectivity index (χ4v) is 3.57. The third kappa shape index (κ3) is 4.95. The Morgan fingerprint density at radius 1 is 1.41 bits per heavy atom. The number of carbonyl (C=O) groups excluding carboxylic acids is 1. The average Bonchev–Trinajstić information content (AvgIpc) is 2.99. The lowest BCUT2D eigenvalue weighted by molar-refractivity contribution is -0.0522. The highest BCUT2D eigenvalue weighted by atomic mass is 79.9. The fourth-order valence-electron chi connectivity index (χ4n) is 2.83. The zero-order valence-electron chi connectivity index (χ0n) is 16.1. The van der Waals surface area contributed by atoms with E-state index >= 15 is 4.39 Å². The molecule has 29 heavy (non-hydrogen) atoms. The number of aryl methyl sites for hydroxylation is 1. The first-order chi connectivity index (χ1) is 13.6. The van der Waals surface area contributed by atoms with Gasteiger partial charge in [0.05, 0.1) is 23.0 Å². The van der Waals surface area contributed by atoms with E-state index in [0.717, 1.165) is 4.47 Å². The Bertz CT molecular complexity index is 1080. The van der Waals surface area contributed by atoms with E-state index in [-0.39, 0.29) is 29.7 Å². The predicted molar refractivity (Wildman–Crippen MR) is 112 cm³/mol. The number of nitrogens with one attached hydrogen (secondary N) is 1. The molecule has 0 radical (unpaired) electrons. The van der Waals surface area contributed by atoms with Crippen LogP contribution in [0.4, 0.5) is 4.39 Å². The lowest BCUT2D eigenvalue weighted by atomic mass is 9.97. The molecule has 1 amide bonds. The first kappa shape index (κ1) is 21.7. The summed E-state index contributed by atoms with van der Waals surface area (Å²) in [6.07, 6.45) is 1.58. The number of nitrogens with zero attached hydrogens (tertiary/aromatic N) is 2. The molecule has 0 aliphatic heterocycles. The molecule has 0 unspecified atom stereocenters. The van der Waals surface area contributed by atoms with Gasteiger partial charge in [-0.3, -0.25) is 9.63 Å². The van der Waals surface area contributed by atoms with Gasteiger partial charge in [0.15, 0.2) is 5.82 Å². The zero-order valence-corrected chi connectivity index (χ0v) is 18.4. The number of carbonyl (C=O) groups is 1. The number of rotatable bonds is 6. The molecule has 0 saturated heterocycles. The molecular formula is C20H20BrClFN3O3. The number of aliphatic hydroxyl groups is 1. The van der Waals surface area contributed by atoms with Gasteiger partial charge < -0.3 is 9.67 Å². The van der Waals surface area contributed by atoms with Crippen LogP contribution in [0.5, 0.6) is 0 Å². The van der Waals surface area contributed by atoms with Crippen LogP contribution in [0.25, 0.3) is 11.0 Å². The zero-order chi connectivity index (χ0) is 21.3. The number of hydroxylamine groups is 1. The highest BCUT2D eigenvalue weighted by Gasteiger charge is 2.23. The normalized spacial score (nSPS) is 11.8. The minimum Gasteiger partial charge on any atom is -0.388 e. The van der Waals surface area contributed by atoms with Crippen LogP contribution in [0.1, 0.15) is 35.3 Å². The van der Waals surface area contributed by atoms with Crippen LogP contribution < -0.4 is 5.48 Å². The van der Waals surface area contributed by atoms with Gasteiger partial charge >= 0.3 is 0 Å². The van der Waals surface area contributed by atoms with Crippen molar-refractivity contribution in [3.63, 3.8) is 0 Å². The number of benzene rings is 2. The second-order valence-electron chi connectivity index (χ2n) is 7.38. The Labute approximate surface area is 180 Å². The summed E-state index contributed by atoms with van der Waals surface area (Å²) >= 11 is 9.64. The van der Waals surface area contributed by atoms with Crippen molar-refractivity contribution in [2.24, 2.45) is 7.05 Å². The van der Waals surface area contributed by atoms with Crippen molar-refractivity contribution in [1.29, 1.82) is 0 Å². The number of fused-ring (bicyclic) bond motifs is 1. The summed E-state index contributed by atoms with van der Waals surface area (Å²) < 4.78 is 17.7. The first-order valence-electron chi connectivity index (χ1n) is 8.77. The molecule has 1 heterocycles. The van der Waals surface area contributed by atoms with Crippen LogP contribution in [0.15, 0.2) is 35.1 Å². The topological polar surface area (TPSA) is 76.4 Å². The van der Waals surface area contributed by atoms with Gasteiger partial charge in [-0.2, -0.15) is 0 Å². The van der Waals surface area contributed by atoms with Gasteiger partial charge in [0, 0.05) is 28.5 Å². The van der Waals surface area contributed by atoms with Crippen molar-refractivity contribution in [3.8, 4) is 0 Å². The third-order valence-electron chi connectivity index (χ3n) is 4.28. The van der Waals surface area contributed by atoms with Crippen LogP contribution in [0.3, 0.4) is 0 Å². The Morgan fingerprint density at radius 2 is 2.14 bits per heavy atom. The van der Waals surface area contributed by atoms with E-state index < -0.39 is 17.3 Å². The maximum absolute atomic E-state index is 15.3. The van der Waals surface area contributed by atoms with E-state index in [1.54, 1.807) is 49.7 Å². The molecule has 9 heteroatoms. The molecule has 1 aromatic heterocycles. The standard InChI is InChI=1S/C20H20BrClFN3O3/c1-20(2,28)9-29-25-19(27)14-8-16-18(24-10-26(16)3)17(23)13(14)6-11-4-5-12(21)7-15(11)22/h4-5,7-8,10,28H,6,9H2,1-3H3,(H,25,27). The maximum atomic E-state index is 15.3. The molecule has 154 valence electrons. The molecule has 0 atom stereocenters. The smallest absolute Gasteiger partial charge is 0.275 e. The minimum atomic E-state index is -1.13. The molecule has 0 saturated carbocycles. The number of aromatic nitrogens is 2. The predicted octanol–water partition coefficient (Wildman–Crippen LogP) is 4.15. The number of halogens is 3. The quantitative estimate of drug-likeness (QED) is 0.515. The Kier molecular flexibility index (Phi) is 6.28. The van der Waals surface area contributed by atoms with Gasteiger partial charge in [-0.05, 0) is 37.6 Å². The van der Waals surface area contributed by atoms with Gasteiger partial charge in [-0.25, -0.2) is 14.9 Å². The Balaban J connectivity index is 2.03. The number of hydrogen-bond acceptors (Lipinski definition) is 4. The van der Waals surface area contributed by atoms with Crippen LogP contribution in [0, 0.1) is 5.82 Å². The maximum Gasteiger partial charge on any atom is 0.275 e. The molecule has 0 spiro atoms. The van der Waals surface area contributed by atoms with Crippen LogP contribution >= 0.6 is 27.5 Å². The molecule has 3 rings (SSSR count). The van der Waals surface area contributed by atoms with E-state index in [1.807, 2.05) is 0 Å². The molecule has 0 fully saturated rings. The molecule has 2 N–H and O–H groups in total. The summed E-state index contributed by atoms with van der Waals surface area (Å²) in [5.74, 6) is -1.21. The molecule has 2 aromatic carbocycles. The SMILES string of the molecule is Cn1cnc2c(F)c(Cc3ccc(Br)cc3Cl)c(C(=O)NOCC(C)(C)O)cc21. The molecule has 0 aliphatic carbocycles. The van der Waals surface area contributed by atoms with E-state index in [9.17, 15) is 9.90 Å². The van der Waals surface area contributed by atoms with Crippen molar-refractivity contribution < 1.29 is 19.1 Å². The number of amides is 1. The molecular weight excluding hydrogens is 465 g/mol. The number of imidazole rings is 1. The summed E-state index contributed by atoms with van der Waals surface area (Å²) in [7, 11) is 1.71. The van der Waals surface area contributed by atoms with Crippen LogP contribution in [-0.4, -0.2) is 32.8 Å². The van der Waals surface area contributed by atoms with Crippen LogP contribution in [-0.2, 0) is 18.3 Å². The van der Waals surface area contributed by atoms with Crippen LogP contribution in [0.2, 0.25) is 5.02 Å². The van der Waals surface area contributed by atoms with E-state index in [0.29, 0.717) is 16.1 Å². The largest absolute Gasteiger partial charge is 0.388 e. The van der Waals surface area contributed by atoms with Gasteiger partial charge in [-0.1, -0.05) is 33.6 Å². The van der Waals surface area contributed by atoms with E-state index in [4.69, 9.17) is 16.4 Å². The molecule has 3 aromatic rings.